The Morgan fingerprint density at radius 1 is 1.25 bits per heavy atom. The molecule has 1 atom stereocenters. The molecule has 0 saturated heterocycles. The minimum atomic E-state index is -0.654. The number of carbonyl (C=O) groups is 1. The smallest absolute Gasteiger partial charge is 0.338 e. The fraction of sp³-hybridized carbons (Fsp3) is 0.192. The van der Waals surface area contributed by atoms with E-state index >= 15 is 0 Å². The van der Waals surface area contributed by atoms with Crippen LogP contribution in [0.2, 0.25) is 0 Å². The first-order valence-corrected chi connectivity index (χ1v) is 13.7. The number of ether oxygens (including phenoxy) is 1. The van der Waals surface area contributed by atoms with E-state index in [9.17, 15) is 9.59 Å². The van der Waals surface area contributed by atoms with Gasteiger partial charge in [-0.25, -0.2) is 9.79 Å². The first-order valence-electron chi connectivity index (χ1n) is 11.2. The molecule has 1 aliphatic rings. The molecule has 4 heterocycles. The minimum absolute atomic E-state index is 0.216. The third-order valence-corrected chi connectivity index (χ3v) is 8.03. The molecular weight excluding hydrogens is 562 g/mol. The quantitative estimate of drug-likeness (QED) is 0.314. The van der Waals surface area contributed by atoms with Gasteiger partial charge in [0.2, 0.25) is 5.88 Å². The summed E-state index contributed by atoms with van der Waals surface area (Å²) in [5, 5.41) is 1.93. The van der Waals surface area contributed by atoms with Crippen LogP contribution in [0.4, 0.5) is 5.88 Å². The van der Waals surface area contributed by atoms with Crippen LogP contribution < -0.4 is 19.8 Å². The molecule has 184 valence electrons. The van der Waals surface area contributed by atoms with Crippen LogP contribution in [-0.4, -0.2) is 31.2 Å². The van der Waals surface area contributed by atoms with Gasteiger partial charge in [-0.3, -0.25) is 9.36 Å². The van der Waals surface area contributed by atoms with Crippen LogP contribution in [0, 0.1) is 0 Å². The van der Waals surface area contributed by atoms with Crippen molar-refractivity contribution in [3.8, 4) is 0 Å². The van der Waals surface area contributed by atoms with E-state index in [1.54, 1.807) is 17.6 Å². The van der Waals surface area contributed by atoms with Gasteiger partial charge >= 0.3 is 5.97 Å². The van der Waals surface area contributed by atoms with Gasteiger partial charge in [-0.2, -0.15) is 0 Å². The molecule has 0 fully saturated rings. The highest BCUT2D eigenvalue weighted by molar-refractivity contribution is 9.10. The number of nitrogens with zero attached hydrogens (tertiary/aromatic N) is 3. The SMILES string of the molecule is CCOC(=O)C1=C(c2ccccc2)N=c2s/c(=C/c3cc(Br)c(N(C)C)o3)c(=O)n2[C@@H]1c1cccs1. The van der Waals surface area contributed by atoms with Gasteiger partial charge in [-0.15, -0.1) is 11.3 Å². The van der Waals surface area contributed by atoms with E-state index in [0.29, 0.717) is 32.2 Å². The van der Waals surface area contributed by atoms with Crippen LogP contribution in [-0.2, 0) is 9.53 Å². The Morgan fingerprint density at radius 3 is 2.67 bits per heavy atom. The van der Waals surface area contributed by atoms with Crippen LogP contribution in [0.15, 0.2) is 78.2 Å². The number of thiophene rings is 1. The third kappa shape index (κ3) is 4.40. The zero-order valence-corrected chi connectivity index (χ0v) is 22.9. The molecule has 0 bridgehead atoms. The second-order valence-electron chi connectivity index (χ2n) is 8.14. The molecule has 3 aromatic heterocycles. The Balaban J connectivity index is 1.78. The van der Waals surface area contributed by atoms with Gasteiger partial charge < -0.3 is 14.1 Å². The maximum atomic E-state index is 13.8. The second kappa shape index (κ2) is 10.0. The van der Waals surface area contributed by atoms with Crippen molar-refractivity contribution in [1.82, 2.24) is 4.57 Å². The standard InChI is InChI=1S/C26H22BrN3O4S2/c1-4-33-25(32)20-21(15-9-6-5-7-10-15)28-26-30(22(20)18-11-8-12-35-18)23(31)19(36-26)14-16-13-17(27)24(34-16)29(2)3/h5-14,22H,4H2,1-3H3/b19-14+/t22-/m1/s1. The molecule has 0 aliphatic carbocycles. The first-order chi connectivity index (χ1) is 17.4. The number of carbonyl (C=O) groups excluding carboxylic acids is 1. The Labute approximate surface area is 223 Å². The summed E-state index contributed by atoms with van der Waals surface area (Å²) in [6.07, 6.45) is 1.71. The number of thiazole rings is 1. The molecule has 4 aromatic rings. The Bertz CT molecular complexity index is 1630. The van der Waals surface area contributed by atoms with Crippen LogP contribution >= 0.6 is 38.6 Å². The number of esters is 1. The lowest BCUT2D eigenvalue weighted by atomic mass is 9.97. The Hall–Kier alpha value is -3.21. The van der Waals surface area contributed by atoms with E-state index in [0.717, 1.165) is 14.9 Å². The highest BCUT2D eigenvalue weighted by atomic mass is 79.9. The zero-order chi connectivity index (χ0) is 25.4. The lowest BCUT2D eigenvalue weighted by Crippen LogP contribution is -2.39. The summed E-state index contributed by atoms with van der Waals surface area (Å²) in [6.45, 7) is 1.98. The molecule has 1 aromatic carbocycles. The second-order valence-corrected chi connectivity index (χ2v) is 11.0. The van der Waals surface area contributed by atoms with E-state index in [1.807, 2.05) is 72.9 Å². The summed E-state index contributed by atoms with van der Waals surface area (Å²) in [6, 6.07) is 14.5. The lowest BCUT2D eigenvalue weighted by molar-refractivity contribution is -0.138. The van der Waals surface area contributed by atoms with Gasteiger partial charge in [0.05, 0.1) is 26.9 Å². The molecule has 36 heavy (non-hydrogen) atoms. The van der Waals surface area contributed by atoms with Crippen molar-refractivity contribution in [1.29, 1.82) is 0 Å². The van der Waals surface area contributed by atoms with E-state index < -0.39 is 12.0 Å². The number of anilines is 1. The fourth-order valence-electron chi connectivity index (χ4n) is 4.04. The molecule has 10 heteroatoms. The summed E-state index contributed by atoms with van der Waals surface area (Å²) in [7, 11) is 3.76. The van der Waals surface area contributed by atoms with Crippen molar-refractivity contribution in [2.24, 2.45) is 4.99 Å². The molecule has 7 nitrogen and oxygen atoms in total. The van der Waals surface area contributed by atoms with Gasteiger partial charge in [0.15, 0.2) is 4.80 Å². The molecule has 0 unspecified atom stereocenters. The number of hydrogen-bond acceptors (Lipinski definition) is 8. The number of furan rings is 1. The number of aromatic nitrogens is 1. The van der Waals surface area contributed by atoms with E-state index in [2.05, 4.69) is 15.9 Å². The third-order valence-electron chi connectivity index (χ3n) is 5.55. The van der Waals surface area contributed by atoms with Gasteiger partial charge in [0, 0.05) is 36.7 Å². The van der Waals surface area contributed by atoms with Crippen LogP contribution in [0.3, 0.4) is 0 Å². The predicted molar refractivity (Wildman–Crippen MR) is 146 cm³/mol. The average Bonchev–Trinajstić information content (AvgIpc) is 3.59. The molecule has 5 rings (SSSR count). The molecule has 0 spiro atoms. The van der Waals surface area contributed by atoms with Gasteiger partial charge in [-0.05, 0) is 34.3 Å². The van der Waals surface area contributed by atoms with Crippen LogP contribution in [0.5, 0.6) is 0 Å². The normalized spacial score (nSPS) is 15.6. The van der Waals surface area contributed by atoms with E-state index in [4.69, 9.17) is 14.1 Å². The monoisotopic (exact) mass is 583 g/mol. The summed E-state index contributed by atoms with van der Waals surface area (Å²) < 4.78 is 14.2. The summed E-state index contributed by atoms with van der Waals surface area (Å²) in [5.74, 6) is 0.705. The summed E-state index contributed by atoms with van der Waals surface area (Å²) in [4.78, 5) is 35.1. The van der Waals surface area contributed by atoms with Crippen molar-refractivity contribution in [3.05, 3.63) is 99.8 Å². The van der Waals surface area contributed by atoms with Gasteiger partial charge in [0.25, 0.3) is 5.56 Å². The van der Waals surface area contributed by atoms with Crippen molar-refractivity contribution in [2.45, 2.75) is 13.0 Å². The molecule has 0 amide bonds. The summed E-state index contributed by atoms with van der Waals surface area (Å²) in [5.41, 5.74) is 1.39. The summed E-state index contributed by atoms with van der Waals surface area (Å²) >= 11 is 6.25. The first kappa shape index (κ1) is 24.5. The van der Waals surface area contributed by atoms with E-state index in [-0.39, 0.29) is 12.2 Å². The Kier molecular flexibility index (Phi) is 6.83. The van der Waals surface area contributed by atoms with Crippen LogP contribution in [0.1, 0.15) is 29.2 Å². The van der Waals surface area contributed by atoms with Crippen molar-refractivity contribution >= 4 is 62.2 Å². The Morgan fingerprint density at radius 2 is 2.03 bits per heavy atom. The molecular formula is C26H22BrN3O4S2. The highest BCUT2D eigenvalue weighted by Crippen LogP contribution is 2.37. The maximum absolute atomic E-state index is 13.8. The molecule has 0 saturated carbocycles. The number of rotatable bonds is 6. The molecule has 0 N–H and O–H groups in total. The lowest BCUT2D eigenvalue weighted by Gasteiger charge is -2.24. The largest absolute Gasteiger partial charge is 0.463 e. The fourth-order valence-corrected chi connectivity index (χ4v) is 6.50. The van der Waals surface area contributed by atoms with Crippen molar-refractivity contribution < 1.29 is 13.9 Å². The van der Waals surface area contributed by atoms with Crippen LogP contribution in [0.25, 0.3) is 11.8 Å². The topological polar surface area (TPSA) is 77.0 Å². The molecule has 1 aliphatic heterocycles. The van der Waals surface area contributed by atoms with Crippen molar-refractivity contribution in [2.75, 3.05) is 25.6 Å². The van der Waals surface area contributed by atoms with Gasteiger partial charge in [0.1, 0.15) is 11.8 Å². The predicted octanol–water partition coefficient (Wildman–Crippen LogP) is 4.42. The molecule has 0 radical (unpaired) electrons. The van der Waals surface area contributed by atoms with Crippen molar-refractivity contribution in [3.63, 3.8) is 0 Å². The zero-order valence-electron chi connectivity index (χ0n) is 19.7. The number of benzene rings is 1. The van der Waals surface area contributed by atoms with E-state index in [1.165, 1.54) is 22.7 Å². The number of fused-ring (bicyclic) bond motifs is 1. The highest BCUT2D eigenvalue weighted by Gasteiger charge is 2.35. The van der Waals surface area contributed by atoms with Gasteiger partial charge in [-0.1, -0.05) is 47.7 Å². The maximum Gasteiger partial charge on any atom is 0.338 e. The number of hydrogen-bond donors (Lipinski definition) is 0. The average molecular weight is 585 g/mol. The minimum Gasteiger partial charge on any atom is -0.463 e. The number of halogens is 1.